The Bertz CT molecular complexity index is 436. The number of carbonyl (C=O) groups excluding carboxylic acids is 1. The SMILES string of the molecule is Cc1nc(C(=O)NC2(C(=O)O)CCC2)no1. The van der Waals surface area contributed by atoms with Crippen LogP contribution in [0.2, 0.25) is 0 Å². The third kappa shape index (κ3) is 1.64. The van der Waals surface area contributed by atoms with Gasteiger partial charge in [-0.05, 0) is 19.3 Å². The monoisotopic (exact) mass is 225 g/mol. The number of aromatic nitrogens is 2. The topological polar surface area (TPSA) is 105 Å². The Morgan fingerprint density at radius 2 is 2.19 bits per heavy atom. The number of amides is 1. The number of nitrogens with zero attached hydrogens (tertiary/aromatic N) is 2. The first-order valence-electron chi connectivity index (χ1n) is 4.90. The molecule has 0 bridgehead atoms. The van der Waals surface area contributed by atoms with E-state index in [1.165, 1.54) is 0 Å². The quantitative estimate of drug-likeness (QED) is 0.756. The minimum Gasteiger partial charge on any atom is -0.480 e. The maximum Gasteiger partial charge on any atom is 0.329 e. The Morgan fingerprint density at radius 1 is 1.50 bits per heavy atom. The summed E-state index contributed by atoms with van der Waals surface area (Å²) in [4.78, 5) is 26.3. The summed E-state index contributed by atoms with van der Waals surface area (Å²) < 4.78 is 4.64. The molecule has 0 radical (unpaired) electrons. The van der Waals surface area contributed by atoms with E-state index in [1.54, 1.807) is 6.92 Å². The number of nitrogens with one attached hydrogen (secondary N) is 1. The van der Waals surface area contributed by atoms with Crippen molar-refractivity contribution < 1.29 is 19.2 Å². The highest BCUT2D eigenvalue weighted by Crippen LogP contribution is 2.32. The van der Waals surface area contributed by atoms with Gasteiger partial charge in [0.1, 0.15) is 5.54 Å². The first-order valence-corrected chi connectivity index (χ1v) is 4.90. The molecule has 1 heterocycles. The lowest BCUT2D eigenvalue weighted by Gasteiger charge is -2.37. The van der Waals surface area contributed by atoms with Crippen molar-refractivity contribution in [1.29, 1.82) is 0 Å². The molecule has 7 heteroatoms. The average Bonchev–Trinajstić information content (AvgIpc) is 2.57. The highest BCUT2D eigenvalue weighted by atomic mass is 16.5. The normalized spacial score (nSPS) is 17.6. The summed E-state index contributed by atoms with van der Waals surface area (Å²) >= 11 is 0. The van der Waals surface area contributed by atoms with E-state index in [0.717, 1.165) is 6.42 Å². The van der Waals surface area contributed by atoms with Gasteiger partial charge in [-0.3, -0.25) is 4.79 Å². The van der Waals surface area contributed by atoms with Crippen LogP contribution in [0.3, 0.4) is 0 Å². The molecule has 0 saturated heterocycles. The molecule has 1 aliphatic rings. The van der Waals surface area contributed by atoms with Gasteiger partial charge in [0.15, 0.2) is 0 Å². The molecule has 0 aromatic carbocycles. The van der Waals surface area contributed by atoms with Crippen LogP contribution in [-0.2, 0) is 4.79 Å². The van der Waals surface area contributed by atoms with E-state index in [2.05, 4.69) is 20.0 Å². The Labute approximate surface area is 90.8 Å². The smallest absolute Gasteiger partial charge is 0.329 e. The summed E-state index contributed by atoms with van der Waals surface area (Å²) in [5.41, 5.74) is -1.15. The Balaban J connectivity index is 2.10. The summed E-state index contributed by atoms with van der Waals surface area (Å²) in [7, 11) is 0. The van der Waals surface area contributed by atoms with E-state index in [0.29, 0.717) is 12.8 Å². The molecule has 0 unspecified atom stereocenters. The Hall–Kier alpha value is -1.92. The number of aliphatic carboxylic acids is 1. The maximum absolute atomic E-state index is 11.6. The van der Waals surface area contributed by atoms with Crippen LogP contribution in [0.5, 0.6) is 0 Å². The highest BCUT2D eigenvalue weighted by molar-refractivity contribution is 5.95. The van der Waals surface area contributed by atoms with Gasteiger partial charge in [0.2, 0.25) is 5.89 Å². The largest absolute Gasteiger partial charge is 0.480 e. The Kier molecular flexibility index (Phi) is 2.37. The van der Waals surface area contributed by atoms with Crippen LogP contribution < -0.4 is 5.32 Å². The molecule has 86 valence electrons. The number of rotatable bonds is 3. The van der Waals surface area contributed by atoms with Crippen LogP contribution in [0.25, 0.3) is 0 Å². The molecule has 16 heavy (non-hydrogen) atoms. The second kappa shape index (κ2) is 3.58. The van der Waals surface area contributed by atoms with Crippen molar-refractivity contribution in [2.45, 2.75) is 31.7 Å². The fourth-order valence-corrected chi connectivity index (χ4v) is 1.59. The van der Waals surface area contributed by atoms with Crippen LogP contribution in [-0.4, -0.2) is 32.7 Å². The van der Waals surface area contributed by atoms with Crippen LogP contribution in [0, 0.1) is 6.92 Å². The second-order valence-corrected chi connectivity index (χ2v) is 3.83. The molecule has 1 aromatic heterocycles. The van der Waals surface area contributed by atoms with Crippen molar-refractivity contribution in [1.82, 2.24) is 15.5 Å². The molecule has 2 N–H and O–H groups in total. The molecule has 1 aromatic rings. The van der Waals surface area contributed by atoms with E-state index in [-0.39, 0.29) is 11.7 Å². The van der Waals surface area contributed by atoms with Gasteiger partial charge < -0.3 is 14.9 Å². The van der Waals surface area contributed by atoms with Gasteiger partial charge in [0.05, 0.1) is 0 Å². The molecule has 0 atom stereocenters. The van der Waals surface area contributed by atoms with E-state index in [9.17, 15) is 9.59 Å². The van der Waals surface area contributed by atoms with Gasteiger partial charge in [0, 0.05) is 6.92 Å². The van der Waals surface area contributed by atoms with Crippen LogP contribution in [0.15, 0.2) is 4.52 Å². The van der Waals surface area contributed by atoms with Crippen molar-refractivity contribution in [3.63, 3.8) is 0 Å². The summed E-state index contributed by atoms with van der Waals surface area (Å²) in [5, 5.41) is 14.9. The first-order chi connectivity index (χ1) is 7.53. The number of aryl methyl sites for hydroxylation is 1. The highest BCUT2D eigenvalue weighted by Gasteiger charge is 2.46. The summed E-state index contributed by atoms with van der Waals surface area (Å²) in [6.07, 6.45) is 1.66. The van der Waals surface area contributed by atoms with Crippen LogP contribution in [0.4, 0.5) is 0 Å². The van der Waals surface area contributed by atoms with E-state index < -0.39 is 17.4 Å². The average molecular weight is 225 g/mol. The zero-order valence-corrected chi connectivity index (χ0v) is 8.69. The van der Waals surface area contributed by atoms with Crippen LogP contribution >= 0.6 is 0 Å². The van der Waals surface area contributed by atoms with Gasteiger partial charge >= 0.3 is 5.97 Å². The summed E-state index contributed by atoms with van der Waals surface area (Å²) in [6.45, 7) is 1.56. The van der Waals surface area contributed by atoms with Gasteiger partial charge in [-0.2, -0.15) is 4.98 Å². The minimum atomic E-state index is -1.15. The third-order valence-corrected chi connectivity index (χ3v) is 2.70. The van der Waals surface area contributed by atoms with Gasteiger partial charge in [-0.25, -0.2) is 4.79 Å². The number of carboxylic acids is 1. The van der Waals surface area contributed by atoms with E-state index in [1.807, 2.05) is 0 Å². The molecule has 1 fully saturated rings. The molecule has 1 saturated carbocycles. The van der Waals surface area contributed by atoms with E-state index >= 15 is 0 Å². The van der Waals surface area contributed by atoms with Crippen molar-refractivity contribution >= 4 is 11.9 Å². The number of hydrogen-bond acceptors (Lipinski definition) is 5. The van der Waals surface area contributed by atoms with Crippen molar-refractivity contribution in [3.05, 3.63) is 11.7 Å². The summed E-state index contributed by atoms with van der Waals surface area (Å²) in [5.74, 6) is -1.50. The molecular formula is C9H11N3O4. The maximum atomic E-state index is 11.6. The minimum absolute atomic E-state index is 0.134. The number of carboxylic acid groups (broad SMARTS) is 1. The number of carbonyl (C=O) groups is 2. The molecule has 1 aliphatic carbocycles. The summed E-state index contributed by atoms with van der Waals surface area (Å²) in [6, 6.07) is 0. The fraction of sp³-hybridized carbons (Fsp3) is 0.556. The third-order valence-electron chi connectivity index (χ3n) is 2.70. The lowest BCUT2D eigenvalue weighted by molar-refractivity contribution is -0.148. The molecule has 7 nitrogen and oxygen atoms in total. The lowest BCUT2D eigenvalue weighted by atomic mass is 9.77. The lowest BCUT2D eigenvalue weighted by Crippen LogP contribution is -2.59. The Morgan fingerprint density at radius 3 is 2.56 bits per heavy atom. The van der Waals surface area contributed by atoms with Crippen LogP contribution in [0.1, 0.15) is 35.8 Å². The van der Waals surface area contributed by atoms with Gasteiger partial charge in [0.25, 0.3) is 11.7 Å². The standard InChI is InChI=1S/C9H11N3O4/c1-5-10-6(12-16-5)7(13)11-9(8(14)15)3-2-4-9/h2-4H2,1H3,(H,11,13)(H,14,15). The molecule has 1 amide bonds. The van der Waals surface area contributed by atoms with Crippen molar-refractivity contribution in [3.8, 4) is 0 Å². The molecule has 0 aliphatic heterocycles. The van der Waals surface area contributed by atoms with Gasteiger partial charge in [-0.15, -0.1) is 0 Å². The van der Waals surface area contributed by atoms with Crippen molar-refractivity contribution in [2.24, 2.45) is 0 Å². The van der Waals surface area contributed by atoms with E-state index in [4.69, 9.17) is 5.11 Å². The molecule has 0 spiro atoms. The first kappa shape index (κ1) is 10.6. The van der Waals surface area contributed by atoms with Crippen molar-refractivity contribution in [2.75, 3.05) is 0 Å². The molecule has 2 rings (SSSR count). The number of hydrogen-bond donors (Lipinski definition) is 2. The zero-order chi connectivity index (χ0) is 11.8. The predicted molar refractivity (Wildman–Crippen MR) is 50.7 cm³/mol. The molecular weight excluding hydrogens is 214 g/mol. The predicted octanol–water partition coefficient (Wildman–Crippen LogP) is 0.115. The zero-order valence-electron chi connectivity index (χ0n) is 8.69. The second-order valence-electron chi connectivity index (χ2n) is 3.83. The van der Waals surface area contributed by atoms with Gasteiger partial charge in [-0.1, -0.05) is 5.16 Å². The fourth-order valence-electron chi connectivity index (χ4n) is 1.59.